The van der Waals surface area contributed by atoms with Gasteiger partial charge in [-0.3, -0.25) is 14.7 Å². The third kappa shape index (κ3) is 6.41. The highest BCUT2D eigenvalue weighted by molar-refractivity contribution is 5.93. The van der Waals surface area contributed by atoms with E-state index in [0.29, 0.717) is 24.0 Å². The predicted molar refractivity (Wildman–Crippen MR) is 150 cm³/mol. The van der Waals surface area contributed by atoms with E-state index < -0.39 is 18.1 Å². The highest BCUT2D eigenvalue weighted by Crippen LogP contribution is 2.44. The fraction of sp³-hybridized carbons (Fsp3) is 0.548. The molecule has 1 aromatic carbocycles. The maximum absolute atomic E-state index is 13.0. The number of amides is 2. The van der Waals surface area contributed by atoms with E-state index in [0.717, 1.165) is 42.5 Å². The Balaban J connectivity index is 1.17. The van der Waals surface area contributed by atoms with Gasteiger partial charge in [0.05, 0.1) is 11.9 Å². The van der Waals surface area contributed by atoms with E-state index in [1.165, 1.54) is 32.1 Å². The van der Waals surface area contributed by atoms with Gasteiger partial charge in [0, 0.05) is 29.6 Å². The Hall–Kier alpha value is -3.82. The fourth-order valence-electron chi connectivity index (χ4n) is 6.05. The first-order chi connectivity index (χ1) is 20.0. The lowest BCUT2D eigenvalue weighted by atomic mass is 9.93. The maximum atomic E-state index is 13.0. The number of hydroxylamine groups is 1. The van der Waals surface area contributed by atoms with Crippen LogP contribution < -0.4 is 10.8 Å². The SMILES string of the molecule is CCCC(=O)ONC(=O)C1=CN(C2CCCCC2)[C@H](c2cccc(-c3cc(C(=O)NC(C4CC4)C4CC4)n[nH]3)c2)O1. The summed E-state index contributed by atoms with van der Waals surface area (Å²) < 4.78 is 6.20. The number of H-pyrrole nitrogens is 1. The highest BCUT2D eigenvalue weighted by atomic mass is 16.7. The number of rotatable bonds is 10. The van der Waals surface area contributed by atoms with Crippen LogP contribution in [0.15, 0.2) is 42.3 Å². The fourth-order valence-corrected chi connectivity index (χ4v) is 6.05. The zero-order chi connectivity index (χ0) is 28.3. The first kappa shape index (κ1) is 27.4. The van der Waals surface area contributed by atoms with E-state index in [9.17, 15) is 14.4 Å². The van der Waals surface area contributed by atoms with E-state index >= 15 is 0 Å². The van der Waals surface area contributed by atoms with Gasteiger partial charge in [0.25, 0.3) is 5.91 Å². The number of benzene rings is 1. The molecule has 3 aliphatic carbocycles. The van der Waals surface area contributed by atoms with Crippen LogP contribution in [0.25, 0.3) is 11.3 Å². The Labute approximate surface area is 240 Å². The minimum Gasteiger partial charge on any atom is -0.459 e. The molecule has 3 N–H and O–H groups in total. The van der Waals surface area contributed by atoms with E-state index in [-0.39, 0.29) is 30.2 Å². The first-order valence-corrected chi connectivity index (χ1v) is 15.1. The number of aromatic amines is 1. The lowest BCUT2D eigenvalue weighted by Gasteiger charge is -2.35. The molecule has 0 radical (unpaired) electrons. The van der Waals surface area contributed by atoms with Crippen molar-refractivity contribution in [3.8, 4) is 11.3 Å². The van der Waals surface area contributed by atoms with Crippen LogP contribution in [0.3, 0.4) is 0 Å². The van der Waals surface area contributed by atoms with Crippen LogP contribution in [0.4, 0.5) is 0 Å². The molecule has 0 saturated heterocycles. The van der Waals surface area contributed by atoms with Crippen molar-refractivity contribution in [1.82, 2.24) is 25.9 Å². The molecule has 2 aromatic rings. The van der Waals surface area contributed by atoms with E-state index in [4.69, 9.17) is 9.57 Å². The second-order valence-corrected chi connectivity index (χ2v) is 11.8. The number of nitrogens with one attached hydrogen (secondary N) is 3. The van der Waals surface area contributed by atoms with Gasteiger partial charge in [-0.1, -0.05) is 44.4 Å². The van der Waals surface area contributed by atoms with E-state index in [2.05, 4.69) is 25.9 Å². The van der Waals surface area contributed by atoms with Crippen molar-refractivity contribution in [1.29, 1.82) is 0 Å². The topological polar surface area (TPSA) is 126 Å². The third-order valence-corrected chi connectivity index (χ3v) is 8.56. The zero-order valence-electron chi connectivity index (χ0n) is 23.6. The van der Waals surface area contributed by atoms with Crippen molar-refractivity contribution in [3.63, 3.8) is 0 Å². The number of hydrogen-bond donors (Lipinski definition) is 3. The van der Waals surface area contributed by atoms with Gasteiger partial charge >= 0.3 is 11.9 Å². The number of aromatic nitrogens is 2. The molecular formula is C31H39N5O5. The summed E-state index contributed by atoms with van der Waals surface area (Å²) in [4.78, 5) is 44.6. The van der Waals surface area contributed by atoms with Crippen LogP contribution in [-0.2, 0) is 19.2 Å². The molecule has 1 atom stereocenters. The van der Waals surface area contributed by atoms with Gasteiger partial charge in [-0.05, 0) is 68.9 Å². The molecule has 1 aliphatic heterocycles. The van der Waals surface area contributed by atoms with Crippen LogP contribution >= 0.6 is 0 Å². The second kappa shape index (κ2) is 12.0. The molecule has 6 rings (SSSR count). The van der Waals surface area contributed by atoms with Crippen molar-refractivity contribution in [2.24, 2.45) is 11.8 Å². The number of carbonyl (C=O) groups excluding carboxylic acids is 3. The van der Waals surface area contributed by atoms with Crippen LogP contribution in [0.2, 0.25) is 0 Å². The van der Waals surface area contributed by atoms with E-state index in [1.807, 2.05) is 31.2 Å². The van der Waals surface area contributed by atoms with Crippen molar-refractivity contribution < 1.29 is 24.0 Å². The highest BCUT2D eigenvalue weighted by Gasteiger charge is 2.42. The lowest BCUT2D eigenvalue weighted by molar-refractivity contribution is -0.158. The van der Waals surface area contributed by atoms with Crippen LogP contribution in [-0.4, -0.2) is 45.0 Å². The van der Waals surface area contributed by atoms with Gasteiger partial charge in [0.1, 0.15) is 0 Å². The summed E-state index contributed by atoms with van der Waals surface area (Å²) in [5.74, 6) is 0.129. The molecule has 0 bridgehead atoms. The van der Waals surface area contributed by atoms with Crippen molar-refractivity contribution in [2.75, 3.05) is 0 Å². The molecule has 10 heteroatoms. The summed E-state index contributed by atoms with van der Waals surface area (Å²) in [6.07, 6.45) is 12.4. The van der Waals surface area contributed by atoms with E-state index in [1.54, 1.807) is 12.3 Å². The molecule has 218 valence electrons. The predicted octanol–water partition coefficient (Wildman–Crippen LogP) is 4.87. The van der Waals surface area contributed by atoms with Gasteiger partial charge in [0.2, 0.25) is 5.76 Å². The average Bonchev–Trinajstić information content (AvgIpc) is 3.92. The van der Waals surface area contributed by atoms with Crippen LogP contribution in [0.5, 0.6) is 0 Å². The molecule has 0 unspecified atom stereocenters. The normalized spacial score (nSPS) is 20.9. The van der Waals surface area contributed by atoms with Gasteiger partial charge < -0.3 is 19.8 Å². The Bertz CT molecular complexity index is 1300. The minimum atomic E-state index is -0.589. The quantitative estimate of drug-likeness (QED) is 0.353. The second-order valence-electron chi connectivity index (χ2n) is 11.8. The molecule has 4 aliphatic rings. The van der Waals surface area contributed by atoms with Gasteiger partial charge in [-0.15, -0.1) is 0 Å². The Kier molecular flexibility index (Phi) is 7.98. The van der Waals surface area contributed by atoms with Crippen molar-refractivity contribution in [2.45, 2.75) is 95.9 Å². The molecule has 41 heavy (non-hydrogen) atoms. The minimum absolute atomic E-state index is 0.108. The van der Waals surface area contributed by atoms with Crippen LogP contribution in [0.1, 0.15) is 99.8 Å². The number of ether oxygens (including phenoxy) is 1. The summed E-state index contributed by atoms with van der Waals surface area (Å²) >= 11 is 0. The molecule has 0 spiro atoms. The molecule has 1 aromatic heterocycles. The van der Waals surface area contributed by atoms with Gasteiger partial charge in [-0.2, -0.15) is 10.6 Å². The molecule has 2 heterocycles. The largest absolute Gasteiger partial charge is 0.459 e. The smallest absolute Gasteiger partial charge is 0.332 e. The Morgan fingerprint density at radius 3 is 2.51 bits per heavy atom. The summed E-state index contributed by atoms with van der Waals surface area (Å²) in [5, 5.41) is 10.6. The molecular weight excluding hydrogens is 522 g/mol. The summed E-state index contributed by atoms with van der Waals surface area (Å²) in [6.45, 7) is 1.87. The summed E-state index contributed by atoms with van der Waals surface area (Å²) in [5.41, 5.74) is 5.10. The van der Waals surface area contributed by atoms with Crippen molar-refractivity contribution in [3.05, 3.63) is 53.5 Å². The number of carbonyl (C=O) groups is 3. The summed E-state index contributed by atoms with van der Waals surface area (Å²) in [6, 6.07) is 10.2. The first-order valence-electron chi connectivity index (χ1n) is 15.1. The monoisotopic (exact) mass is 561 g/mol. The molecule has 3 fully saturated rings. The Morgan fingerprint density at radius 1 is 1.05 bits per heavy atom. The number of hydrogen-bond acceptors (Lipinski definition) is 7. The molecule has 2 amide bonds. The van der Waals surface area contributed by atoms with Crippen LogP contribution in [0, 0.1) is 11.8 Å². The van der Waals surface area contributed by atoms with Gasteiger partial charge in [-0.25, -0.2) is 4.79 Å². The standard InChI is InChI=1S/C31H39N5O5/c1-2-7-27(37)41-35-30(39)26-18-36(23-10-4-3-5-11-23)31(40-26)22-9-6-8-21(16-22)24-17-25(34-33-24)29(38)32-28(19-12-13-19)20-14-15-20/h6,8-9,16-20,23,28,31H,2-5,7,10-15H2,1H3,(H,32,38)(H,33,34)(H,35,39)/t31-/m0/s1. The molecule has 10 nitrogen and oxygen atoms in total. The third-order valence-electron chi connectivity index (χ3n) is 8.56. The maximum Gasteiger partial charge on any atom is 0.332 e. The average molecular weight is 562 g/mol. The molecule has 3 saturated carbocycles. The zero-order valence-corrected chi connectivity index (χ0v) is 23.6. The van der Waals surface area contributed by atoms with Crippen molar-refractivity contribution >= 4 is 17.8 Å². The number of nitrogens with zero attached hydrogens (tertiary/aromatic N) is 2. The summed E-state index contributed by atoms with van der Waals surface area (Å²) in [7, 11) is 0. The lowest BCUT2D eigenvalue weighted by Crippen LogP contribution is -2.38. The van der Waals surface area contributed by atoms with Gasteiger partial charge in [0.15, 0.2) is 11.9 Å². The Morgan fingerprint density at radius 2 is 1.80 bits per heavy atom.